The lowest BCUT2D eigenvalue weighted by Crippen LogP contribution is -2.27. The van der Waals surface area contributed by atoms with E-state index in [0.29, 0.717) is 46.7 Å². The number of aliphatic carboxylic acids is 1. The first-order valence-electron chi connectivity index (χ1n) is 15.3. The summed E-state index contributed by atoms with van der Waals surface area (Å²) in [7, 11) is 0. The minimum Gasteiger partial charge on any atom is -0.616 e. The van der Waals surface area contributed by atoms with Crippen LogP contribution in [0.3, 0.4) is 0 Å². The summed E-state index contributed by atoms with van der Waals surface area (Å²) in [6, 6.07) is 18.3. The van der Waals surface area contributed by atoms with Crippen molar-refractivity contribution in [1.82, 2.24) is 10.3 Å². The molecule has 1 aromatic heterocycles. The average molecular weight is 630 g/mol. The topological polar surface area (TPSA) is 121 Å². The summed E-state index contributed by atoms with van der Waals surface area (Å²) in [5.41, 5.74) is 4.05. The Morgan fingerprint density at radius 3 is 2.82 bits per heavy atom. The Hall–Kier alpha value is -4.08. The molecule has 5 rings (SSSR count). The zero-order valence-corrected chi connectivity index (χ0v) is 26.5. The average Bonchev–Trinajstić information content (AvgIpc) is 3.46. The number of aromatic amines is 1. The van der Waals surface area contributed by atoms with Gasteiger partial charge in [-0.3, -0.25) is 4.79 Å². The van der Waals surface area contributed by atoms with Crippen LogP contribution in [0.25, 0.3) is 10.9 Å². The Morgan fingerprint density at radius 2 is 2.00 bits per heavy atom. The van der Waals surface area contributed by atoms with E-state index in [1.54, 1.807) is 36.7 Å². The third kappa shape index (κ3) is 8.55. The molecule has 0 fully saturated rings. The molecule has 45 heavy (non-hydrogen) atoms. The predicted octanol–water partition coefficient (Wildman–Crippen LogP) is 7.83. The highest BCUT2D eigenvalue weighted by Crippen LogP contribution is 2.36. The van der Waals surface area contributed by atoms with E-state index in [4.69, 9.17) is 15.3 Å². The van der Waals surface area contributed by atoms with Crippen LogP contribution >= 0.6 is 0 Å². The summed E-state index contributed by atoms with van der Waals surface area (Å²) in [5.74, 6) is 0.102. The SMILES string of the molecule is CC1(C)CCCC(c2cccc(CCC(=O)O)c2)N/C=C\C(=N)c2cccc(c2)Oc2c(F)cc3[nH]ccc3c2CC[S+]([O-])C1. The van der Waals surface area contributed by atoms with Crippen LogP contribution in [0.5, 0.6) is 11.5 Å². The number of carbonyl (C=O) groups is 1. The molecule has 0 saturated carbocycles. The van der Waals surface area contributed by atoms with Crippen molar-refractivity contribution in [2.24, 2.45) is 5.41 Å². The highest BCUT2D eigenvalue weighted by Gasteiger charge is 2.27. The largest absolute Gasteiger partial charge is 0.616 e. The van der Waals surface area contributed by atoms with Crippen LogP contribution in [0.2, 0.25) is 0 Å². The van der Waals surface area contributed by atoms with Gasteiger partial charge in [-0.25, -0.2) is 4.39 Å². The summed E-state index contributed by atoms with van der Waals surface area (Å²) in [4.78, 5) is 14.2. The summed E-state index contributed by atoms with van der Waals surface area (Å²) >= 11 is -1.13. The summed E-state index contributed by atoms with van der Waals surface area (Å²) in [6.45, 7) is 4.27. The molecule has 1 aliphatic rings. The molecule has 0 spiro atoms. The Kier molecular flexibility index (Phi) is 10.3. The molecule has 0 amide bonds. The van der Waals surface area contributed by atoms with Gasteiger partial charge in [-0.15, -0.1) is 0 Å². The van der Waals surface area contributed by atoms with Crippen LogP contribution in [-0.4, -0.2) is 37.8 Å². The molecular weight excluding hydrogens is 589 g/mol. The van der Waals surface area contributed by atoms with Gasteiger partial charge in [0.1, 0.15) is 17.3 Å². The van der Waals surface area contributed by atoms with E-state index in [0.717, 1.165) is 35.8 Å². The van der Waals surface area contributed by atoms with Gasteiger partial charge in [-0.2, -0.15) is 0 Å². The lowest BCUT2D eigenvalue weighted by Gasteiger charge is -2.27. The lowest BCUT2D eigenvalue weighted by atomic mass is 9.87. The van der Waals surface area contributed by atoms with Crippen molar-refractivity contribution >= 4 is 33.8 Å². The molecule has 0 aliphatic carbocycles. The third-order valence-corrected chi connectivity index (χ3v) is 10.0. The van der Waals surface area contributed by atoms with Crippen LogP contribution in [-0.2, 0) is 28.8 Å². The van der Waals surface area contributed by atoms with Gasteiger partial charge in [0.05, 0.1) is 11.8 Å². The Morgan fingerprint density at radius 1 is 1.18 bits per heavy atom. The molecule has 236 valence electrons. The molecule has 4 aromatic rings. The van der Waals surface area contributed by atoms with Gasteiger partial charge >= 0.3 is 5.97 Å². The first-order valence-corrected chi connectivity index (χ1v) is 16.8. The van der Waals surface area contributed by atoms with Gasteiger partial charge in [-0.1, -0.05) is 67.8 Å². The maximum atomic E-state index is 15.4. The minimum absolute atomic E-state index is 0.0573. The zero-order valence-electron chi connectivity index (χ0n) is 25.7. The second kappa shape index (κ2) is 14.3. The van der Waals surface area contributed by atoms with Crippen molar-refractivity contribution in [1.29, 1.82) is 5.41 Å². The number of carboxylic acids is 1. The maximum absolute atomic E-state index is 15.4. The van der Waals surface area contributed by atoms with Crippen molar-refractivity contribution in [2.45, 2.75) is 58.4 Å². The molecule has 1 aliphatic heterocycles. The van der Waals surface area contributed by atoms with Crippen LogP contribution < -0.4 is 10.1 Å². The van der Waals surface area contributed by atoms with E-state index in [1.165, 1.54) is 6.07 Å². The summed E-state index contributed by atoms with van der Waals surface area (Å²) < 4.78 is 35.0. The number of nitrogens with one attached hydrogen (secondary N) is 3. The summed E-state index contributed by atoms with van der Waals surface area (Å²) in [6.07, 6.45) is 8.69. The number of carboxylic acid groups (broad SMARTS) is 1. The highest BCUT2D eigenvalue weighted by atomic mass is 32.2. The van der Waals surface area contributed by atoms with Crippen molar-refractivity contribution in [2.75, 3.05) is 11.5 Å². The van der Waals surface area contributed by atoms with Gasteiger partial charge in [-0.05, 0) is 60.9 Å². The molecule has 2 bridgehead atoms. The molecule has 7 nitrogen and oxygen atoms in total. The van der Waals surface area contributed by atoms with Crippen LogP contribution in [0.4, 0.5) is 4.39 Å². The fourth-order valence-corrected chi connectivity index (χ4v) is 7.51. The first-order chi connectivity index (χ1) is 21.6. The second-order valence-corrected chi connectivity index (χ2v) is 14.0. The number of hydrogen-bond acceptors (Lipinski definition) is 5. The number of ether oxygens (including phenoxy) is 1. The Balaban J connectivity index is 1.46. The third-order valence-electron chi connectivity index (χ3n) is 8.24. The molecular formula is C36H40FN3O4S. The molecule has 2 unspecified atom stereocenters. The van der Waals surface area contributed by atoms with E-state index < -0.39 is 23.0 Å². The van der Waals surface area contributed by atoms with Gasteiger partial charge in [0.25, 0.3) is 0 Å². The number of hydrogen-bond donors (Lipinski definition) is 4. The summed E-state index contributed by atoms with van der Waals surface area (Å²) in [5, 5.41) is 22.2. The van der Waals surface area contributed by atoms with Gasteiger partial charge < -0.3 is 30.1 Å². The standard InChI is InChI=1S/C36H40FN3O4S/c1-36(2)16-5-10-32(26-8-3-6-24(20-26)11-12-34(41)42)39-18-14-31(38)25-7-4-9-27(21-25)44-35-29(15-19-45(43)23-36)28-13-17-40-33(28)22-30(35)37/h3-4,6-9,13-14,17-18,20-22,32,38-40H,5,10-12,15-16,19,23H2,1-2H3,(H,41,42)/b18-14-,38-31?. The first kappa shape index (κ1) is 32.3. The number of aromatic nitrogens is 1. The highest BCUT2D eigenvalue weighted by molar-refractivity contribution is 7.91. The van der Waals surface area contributed by atoms with Gasteiger partial charge in [0, 0.05) is 52.5 Å². The number of rotatable bonds is 4. The monoisotopic (exact) mass is 629 g/mol. The quantitative estimate of drug-likeness (QED) is 0.172. The fraction of sp³-hybridized carbons (Fsp3) is 0.333. The number of H-pyrrole nitrogens is 1. The molecule has 2 heterocycles. The van der Waals surface area contributed by atoms with E-state index in [2.05, 4.69) is 30.2 Å². The molecule has 2 atom stereocenters. The fourth-order valence-electron chi connectivity index (χ4n) is 5.91. The van der Waals surface area contributed by atoms with Crippen molar-refractivity contribution in [3.63, 3.8) is 0 Å². The number of halogens is 1. The van der Waals surface area contributed by atoms with Crippen molar-refractivity contribution in [3.8, 4) is 11.5 Å². The minimum atomic E-state index is -1.13. The molecule has 3 aromatic carbocycles. The molecule has 9 heteroatoms. The van der Waals surface area contributed by atoms with E-state index >= 15 is 4.39 Å². The van der Waals surface area contributed by atoms with Crippen LogP contribution in [0.15, 0.2) is 79.1 Å². The smallest absolute Gasteiger partial charge is 0.303 e. The molecule has 0 radical (unpaired) electrons. The second-order valence-electron chi connectivity index (χ2n) is 12.4. The van der Waals surface area contributed by atoms with E-state index in [9.17, 15) is 9.35 Å². The van der Waals surface area contributed by atoms with Gasteiger partial charge in [0.15, 0.2) is 11.6 Å². The van der Waals surface area contributed by atoms with Crippen molar-refractivity contribution < 1.29 is 23.6 Å². The van der Waals surface area contributed by atoms with E-state index in [-0.39, 0.29) is 29.3 Å². The number of benzene rings is 3. The normalized spacial score (nSPS) is 20.1. The molecule has 4 N–H and O–H groups in total. The van der Waals surface area contributed by atoms with E-state index in [1.807, 2.05) is 30.3 Å². The van der Waals surface area contributed by atoms with Crippen molar-refractivity contribution in [3.05, 3.63) is 107 Å². The molecule has 0 saturated heterocycles. The van der Waals surface area contributed by atoms with Crippen LogP contribution in [0.1, 0.15) is 67.8 Å². The predicted molar refractivity (Wildman–Crippen MR) is 178 cm³/mol. The number of allylic oxidation sites excluding steroid dienone is 1. The number of fused-ring (bicyclic) bond motifs is 5. The maximum Gasteiger partial charge on any atom is 0.303 e. The number of aryl methyl sites for hydroxylation is 2. The Bertz CT molecular complexity index is 1700. The zero-order chi connectivity index (χ0) is 32.0. The lowest BCUT2D eigenvalue weighted by molar-refractivity contribution is -0.136. The van der Waals surface area contributed by atoms with Crippen LogP contribution in [0, 0.1) is 16.6 Å². The Labute approximate surface area is 266 Å². The van der Waals surface area contributed by atoms with Gasteiger partial charge in [0.2, 0.25) is 0 Å².